The Morgan fingerprint density at radius 2 is 2.00 bits per heavy atom. The molecule has 1 atom stereocenters. The molecule has 1 unspecified atom stereocenters. The number of hydrogen-bond acceptors (Lipinski definition) is 4. The Morgan fingerprint density at radius 1 is 1.11 bits per heavy atom. The van der Waals surface area contributed by atoms with Gasteiger partial charge in [-0.1, -0.05) is 12.1 Å². The molecular weight excluding hydrogens is 352 g/mol. The van der Waals surface area contributed by atoms with Gasteiger partial charge in [-0.15, -0.1) is 0 Å². The minimum absolute atomic E-state index is 0.160. The number of ether oxygens (including phenoxy) is 2. The van der Waals surface area contributed by atoms with E-state index >= 15 is 0 Å². The van der Waals surface area contributed by atoms with Crippen molar-refractivity contribution >= 4 is 16.7 Å². The van der Waals surface area contributed by atoms with Gasteiger partial charge in [0.05, 0.1) is 0 Å². The van der Waals surface area contributed by atoms with Gasteiger partial charge >= 0.3 is 0 Å². The molecule has 0 aliphatic carbocycles. The SMILES string of the molecule is O=C(CCN1CCC(c2cccc3[nH]ccc23)C1)c1ccc2c(c1)OCCO2. The second kappa shape index (κ2) is 7.32. The predicted octanol–water partition coefficient (Wildman–Crippen LogP) is 4.00. The van der Waals surface area contributed by atoms with Crippen LogP contribution in [-0.2, 0) is 0 Å². The number of aromatic amines is 1. The highest BCUT2D eigenvalue weighted by Crippen LogP contribution is 2.33. The summed E-state index contributed by atoms with van der Waals surface area (Å²) in [6.07, 6.45) is 3.68. The van der Waals surface area contributed by atoms with Crippen molar-refractivity contribution in [1.82, 2.24) is 9.88 Å². The van der Waals surface area contributed by atoms with E-state index in [4.69, 9.17) is 9.47 Å². The second-order valence-electron chi connectivity index (χ2n) is 7.60. The number of benzene rings is 2. The van der Waals surface area contributed by atoms with Gasteiger partial charge in [-0.2, -0.15) is 0 Å². The third kappa shape index (κ3) is 3.27. The molecule has 0 radical (unpaired) electrons. The molecule has 2 aliphatic heterocycles. The molecule has 1 aromatic heterocycles. The topological polar surface area (TPSA) is 54.6 Å². The highest BCUT2D eigenvalue weighted by atomic mass is 16.6. The van der Waals surface area contributed by atoms with Crippen molar-refractivity contribution in [2.75, 3.05) is 32.8 Å². The Kier molecular flexibility index (Phi) is 4.53. The number of carbonyl (C=O) groups excluding carboxylic acids is 1. The molecule has 2 aromatic carbocycles. The quantitative estimate of drug-likeness (QED) is 0.684. The highest BCUT2D eigenvalue weighted by Gasteiger charge is 2.25. The van der Waals surface area contributed by atoms with Crippen LogP contribution < -0.4 is 9.47 Å². The maximum absolute atomic E-state index is 12.7. The van der Waals surface area contributed by atoms with Gasteiger partial charge in [0.2, 0.25) is 0 Å². The van der Waals surface area contributed by atoms with Crippen LogP contribution >= 0.6 is 0 Å². The number of likely N-dealkylation sites (tertiary alicyclic amines) is 1. The summed E-state index contributed by atoms with van der Waals surface area (Å²) in [6, 6.07) is 14.2. The molecule has 0 amide bonds. The van der Waals surface area contributed by atoms with E-state index in [0.29, 0.717) is 36.9 Å². The van der Waals surface area contributed by atoms with E-state index in [1.54, 1.807) is 0 Å². The number of H-pyrrole nitrogens is 1. The fourth-order valence-corrected chi connectivity index (χ4v) is 4.38. The summed E-state index contributed by atoms with van der Waals surface area (Å²) in [6.45, 7) is 3.95. The van der Waals surface area contributed by atoms with Crippen molar-refractivity contribution in [3.63, 3.8) is 0 Å². The van der Waals surface area contributed by atoms with Crippen molar-refractivity contribution in [3.05, 3.63) is 59.8 Å². The summed E-state index contributed by atoms with van der Waals surface area (Å²) in [7, 11) is 0. The first-order valence-corrected chi connectivity index (χ1v) is 9.99. The Hall–Kier alpha value is -2.79. The molecule has 5 nitrogen and oxygen atoms in total. The standard InChI is InChI=1S/C23H24N2O3/c26-21(16-4-5-22-23(14-16)28-13-12-27-22)8-11-25-10-7-17(15-25)18-2-1-3-20-19(18)6-9-24-20/h1-6,9,14,17,24H,7-8,10-13,15H2. The summed E-state index contributed by atoms with van der Waals surface area (Å²) in [4.78, 5) is 18.4. The van der Waals surface area contributed by atoms with E-state index in [9.17, 15) is 4.79 Å². The Labute approximate surface area is 164 Å². The van der Waals surface area contributed by atoms with Gasteiger partial charge in [0, 0.05) is 42.2 Å². The molecule has 0 saturated carbocycles. The fraction of sp³-hybridized carbons (Fsp3) is 0.348. The van der Waals surface area contributed by atoms with Gasteiger partial charge in [-0.3, -0.25) is 4.79 Å². The van der Waals surface area contributed by atoms with Gasteiger partial charge in [0.15, 0.2) is 17.3 Å². The predicted molar refractivity (Wildman–Crippen MR) is 108 cm³/mol. The monoisotopic (exact) mass is 376 g/mol. The van der Waals surface area contributed by atoms with Crippen LogP contribution in [0.3, 0.4) is 0 Å². The van der Waals surface area contributed by atoms with Crippen LogP contribution in [-0.4, -0.2) is 48.5 Å². The van der Waals surface area contributed by atoms with E-state index in [2.05, 4.69) is 34.1 Å². The molecule has 1 N–H and O–H groups in total. The van der Waals surface area contributed by atoms with E-state index < -0.39 is 0 Å². The number of Topliss-reactive ketones (excluding diaryl/α,β-unsaturated/α-hetero) is 1. The summed E-state index contributed by atoms with van der Waals surface area (Å²) in [5, 5.41) is 1.32. The van der Waals surface area contributed by atoms with E-state index in [-0.39, 0.29) is 5.78 Å². The minimum Gasteiger partial charge on any atom is -0.486 e. The van der Waals surface area contributed by atoms with Crippen LogP contribution in [0.2, 0.25) is 0 Å². The Bertz CT molecular complexity index is 1010. The maximum Gasteiger partial charge on any atom is 0.164 e. The van der Waals surface area contributed by atoms with Gasteiger partial charge in [-0.25, -0.2) is 0 Å². The summed E-state index contributed by atoms with van der Waals surface area (Å²) < 4.78 is 11.1. The lowest BCUT2D eigenvalue weighted by Gasteiger charge is -2.19. The van der Waals surface area contributed by atoms with E-state index in [1.807, 2.05) is 24.4 Å². The van der Waals surface area contributed by atoms with Crippen LogP contribution in [0.4, 0.5) is 0 Å². The first kappa shape index (κ1) is 17.3. The zero-order valence-electron chi connectivity index (χ0n) is 15.8. The third-order valence-corrected chi connectivity index (χ3v) is 5.86. The second-order valence-corrected chi connectivity index (χ2v) is 7.60. The number of aromatic nitrogens is 1. The normalized spacial score (nSPS) is 19.2. The molecule has 5 heteroatoms. The largest absolute Gasteiger partial charge is 0.486 e. The summed E-state index contributed by atoms with van der Waals surface area (Å²) in [5.41, 5.74) is 3.32. The summed E-state index contributed by atoms with van der Waals surface area (Å²) in [5.74, 6) is 2.10. The fourth-order valence-electron chi connectivity index (χ4n) is 4.38. The lowest BCUT2D eigenvalue weighted by Crippen LogP contribution is -2.24. The lowest BCUT2D eigenvalue weighted by molar-refractivity contribution is 0.0967. The van der Waals surface area contributed by atoms with E-state index in [1.165, 1.54) is 16.5 Å². The lowest BCUT2D eigenvalue weighted by atomic mass is 9.95. The van der Waals surface area contributed by atoms with Crippen LogP contribution in [0.15, 0.2) is 48.7 Å². The van der Waals surface area contributed by atoms with Crippen molar-refractivity contribution in [3.8, 4) is 11.5 Å². The van der Waals surface area contributed by atoms with Gasteiger partial charge < -0.3 is 19.4 Å². The number of ketones is 1. The molecule has 28 heavy (non-hydrogen) atoms. The molecular formula is C23H24N2O3. The van der Waals surface area contributed by atoms with Gasteiger partial charge in [-0.05, 0) is 54.8 Å². The molecule has 3 aromatic rings. The van der Waals surface area contributed by atoms with Crippen molar-refractivity contribution < 1.29 is 14.3 Å². The molecule has 144 valence electrons. The Balaban J connectivity index is 1.21. The molecule has 3 heterocycles. The van der Waals surface area contributed by atoms with Crippen LogP contribution in [0.1, 0.15) is 34.7 Å². The van der Waals surface area contributed by atoms with Crippen molar-refractivity contribution in [2.24, 2.45) is 0 Å². The van der Waals surface area contributed by atoms with Gasteiger partial charge in [0.25, 0.3) is 0 Å². The molecule has 5 rings (SSSR count). The minimum atomic E-state index is 0.160. The smallest absolute Gasteiger partial charge is 0.164 e. The van der Waals surface area contributed by atoms with Crippen molar-refractivity contribution in [2.45, 2.75) is 18.8 Å². The number of rotatable bonds is 5. The third-order valence-electron chi connectivity index (χ3n) is 5.86. The highest BCUT2D eigenvalue weighted by molar-refractivity contribution is 5.96. The number of nitrogens with one attached hydrogen (secondary N) is 1. The average Bonchev–Trinajstić information content (AvgIpc) is 3.41. The first-order valence-electron chi connectivity index (χ1n) is 9.99. The summed E-state index contributed by atoms with van der Waals surface area (Å²) >= 11 is 0. The van der Waals surface area contributed by atoms with Crippen LogP contribution in [0.25, 0.3) is 10.9 Å². The molecule has 2 aliphatic rings. The molecule has 1 saturated heterocycles. The van der Waals surface area contributed by atoms with Crippen molar-refractivity contribution in [1.29, 1.82) is 0 Å². The number of fused-ring (bicyclic) bond motifs is 2. The van der Waals surface area contributed by atoms with Gasteiger partial charge in [0.1, 0.15) is 13.2 Å². The molecule has 0 bridgehead atoms. The van der Waals surface area contributed by atoms with Crippen LogP contribution in [0, 0.1) is 0 Å². The molecule has 0 spiro atoms. The van der Waals surface area contributed by atoms with E-state index in [0.717, 1.165) is 31.8 Å². The van der Waals surface area contributed by atoms with Crippen LogP contribution in [0.5, 0.6) is 11.5 Å². The zero-order chi connectivity index (χ0) is 18.9. The Morgan fingerprint density at radius 3 is 2.93 bits per heavy atom. The average molecular weight is 376 g/mol. The first-order chi connectivity index (χ1) is 13.8. The number of nitrogens with zero attached hydrogens (tertiary/aromatic N) is 1. The number of carbonyl (C=O) groups is 1. The zero-order valence-corrected chi connectivity index (χ0v) is 15.8. The molecule has 1 fully saturated rings. The maximum atomic E-state index is 12.7. The number of hydrogen-bond donors (Lipinski definition) is 1.